The van der Waals surface area contributed by atoms with E-state index in [1.165, 1.54) is 11.0 Å². The van der Waals surface area contributed by atoms with Gasteiger partial charge in [-0.05, 0) is 23.8 Å². The number of nitrogens with zero attached hydrogens (tertiary/aromatic N) is 3. The summed E-state index contributed by atoms with van der Waals surface area (Å²) in [5.41, 5.74) is 1.20. The molecule has 4 heteroatoms. The Kier molecular flexibility index (Phi) is 4.02. The van der Waals surface area contributed by atoms with Gasteiger partial charge >= 0.3 is 0 Å². The molecule has 0 heterocycles. The summed E-state index contributed by atoms with van der Waals surface area (Å²) in [6.45, 7) is 0. The number of rotatable bonds is 2. The van der Waals surface area contributed by atoms with Crippen LogP contribution >= 0.6 is 0 Å². The van der Waals surface area contributed by atoms with Gasteiger partial charge in [-0.1, -0.05) is 12.1 Å². The quantitative estimate of drug-likeness (QED) is 0.566. The number of carbonyl (C=O) groups excluding carboxylic acids is 1. The van der Waals surface area contributed by atoms with Crippen LogP contribution in [0.5, 0.6) is 0 Å². The summed E-state index contributed by atoms with van der Waals surface area (Å²) in [6, 6.07) is 10.6. The molecule has 1 aromatic carbocycles. The van der Waals surface area contributed by atoms with Crippen molar-refractivity contribution in [1.82, 2.24) is 4.90 Å². The van der Waals surface area contributed by atoms with Gasteiger partial charge in [0.25, 0.3) is 5.91 Å². The Bertz CT molecular complexity index is 545. The third-order valence-electron chi connectivity index (χ3n) is 2.08. The summed E-state index contributed by atoms with van der Waals surface area (Å²) in [4.78, 5) is 12.9. The molecule has 0 aliphatic heterocycles. The molecule has 0 aliphatic rings. The van der Waals surface area contributed by atoms with Gasteiger partial charge in [0.2, 0.25) is 0 Å². The van der Waals surface area contributed by atoms with Crippen LogP contribution in [0.2, 0.25) is 0 Å². The molecule has 0 bridgehead atoms. The van der Waals surface area contributed by atoms with Crippen LogP contribution in [-0.2, 0) is 4.79 Å². The van der Waals surface area contributed by atoms with Crippen LogP contribution in [0.4, 0.5) is 0 Å². The maximum atomic E-state index is 11.6. The highest BCUT2D eigenvalue weighted by molar-refractivity contribution is 6.01. The summed E-state index contributed by atoms with van der Waals surface area (Å²) >= 11 is 0. The van der Waals surface area contributed by atoms with E-state index in [0.717, 1.165) is 0 Å². The van der Waals surface area contributed by atoms with E-state index in [4.69, 9.17) is 10.5 Å². The number of benzene rings is 1. The summed E-state index contributed by atoms with van der Waals surface area (Å²) < 4.78 is 0. The van der Waals surface area contributed by atoms with Gasteiger partial charge < -0.3 is 4.90 Å². The Balaban J connectivity index is 3.13. The average Bonchev–Trinajstić information content (AvgIpc) is 2.35. The van der Waals surface area contributed by atoms with Crippen molar-refractivity contribution >= 4 is 12.0 Å². The molecule has 0 aliphatic carbocycles. The van der Waals surface area contributed by atoms with Gasteiger partial charge in [0, 0.05) is 14.1 Å². The Labute approximate surface area is 100 Å². The SMILES string of the molecule is CN(C)C(=O)/C(C#N)=C/c1cccc(C#N)c1. The van der Waals surface area contributed by atoms with Crippen molar-refractivity contribution in [3.05, 3.63) is 41.0 Å². The first-order valence-electron chi connectivity index (χ1n) is 4.92. The highest BCUT2D eigenvalue weighted by Gasteiger charge is 2.10. The van der Waals surface area contributed by atoms with Crippen LogP contribution in [0.3, 0.4) is 0 Å². The number of hydrogen-bond donors (Lipinski definition) is 0. The normalized spacial score (nSPS) is 10.2. The molecule has 0 saturated heterocycles. The molecule has 0 radical (unpaired) electrons. The van der Waals surface area contributed by atoms with Crippen LogP contribution in [0, 0.1) is 22.7 Å². The second-order valence-electron chi connectivity index (χ2n) is 3.61. The van der Waals surface area contributed by atoms with E-state index in [9.17, 15) is 4.79 Å². The highest BCUT2D eigenvalue weighted by atomic mass is 16.2. The fraction of sp³-hybridized carbons (Fsp3) is 0.154. The Morgan fingerprint density at radius 2 is 2.06 bits per heavy atom. The summed E-state index contributed by atoms with van der Waals surface area (Å²) in [7, 11) is 3.17. The molecule has 84 valence electrons. The second kappa shape index (κ2) is 5.48. The van der Waals surface area contributed by atoms with Gasteiger partial charge in [-0.3, -0.25) is 4.79 Å². The monoisotopic (exact) mass is 225 g/mol. The zero-order valence-electron chi connectivity index (χ0n) is 9.64. The Hall–Kier alpha value is -2.59. The maximum absolute atomic E-state index is 11.6. The van der Waals surface area contributed by atoms with Gasteiger partial charge in [-0.25, -0.2) is 0 Å². The largest absolute Gasteiger partial charge is 0.344 e. The molecule has 1 aromatic rings. The predicted octanol–water partition coefficient (Wildman–Crippen LogP) is 1.55. The lowest BCUT2D eigenvalue weighted by molar-refractivity contribution is -0.124. The molecule has 0 N–H and O–H groups in total. The van der Waals surface area contributed by atoms with Crippen LogP contribution in [0.15, 0.2) is 29.8 Å². The molecule has 0 atom stereocenters. The number of amides is 1. The summed E-state index contributed by atoms with van der Waals surface area (Å²) in [5.74, 6) is -0.352. The summed E-state index contributed by atoms with van der Waals surface area (Å²) in [6.07, 6.45) is 1.48. The zero-order valence-corrected chi connectivity index (χ0v) is 9.64. The first-order valence-corrected chi connectivity index (χ1v) is 4.92. The van der Waals surface area contributed by atoms with Crippen LogP contribution in [0.25, 0.3) is 6.08 Å². The van der Waals surface area contributed by atoms with Crippen molar-refractivity contribution in [3.8, 4) is 12.1 Å². The first kappa shape index (κ1) is 12.5. The van der Waals surface area contributed by atoms with Crippen molar-refractivity contribution < 1.29 is 4.79 Å². The lowest BCUT2D eigenvalue weighted by Crippen LogP contribution is -2.22. The lowest BCUT2D eigenvalue weighted by Gasteiger charge is -2.08. The van der Waals surface area contributed by atoms with Gasteiger partial charge in [0.05, 0.1) is 11.6 Å². The van der Waals surface area contributed by atoms with Crippen LogP contribution in [0.1, 0.15) is 11.1 Å². The van der Waals surface area contributed by atoms with E-state index >= 15 is 0 Å². The molecule has 0 spiro atoms. The minimum Gasteiger partial charge on any atom is -0.344 e. The third-order valence-corrected chi connectivity index (χ3v) is 2.08. The van der Waals surface area contributed by atoms with Crippen LogP contribution in [-0.4, -0.2) is 24.9 Å². The molecular formula is C13H11N3O. The molecule has 0 aromatic heterocycles. The lowest BCUT2D eigenvalue weighted by atomic mass is 10.1. The van der Waals surface area contributed by atoms with Crippen molar-refractivity contribution in [2.24, 2.45) is 0 Å². The molecule has 1 rings (SSSR count). The van der Waals surface area contributed by atoms with E-state index in [2.05, 4.69) is 0 Å². The van der Waals surface area contributed by atoms with Crippen molar-refractivity contribution in [2.45, 2.75) is 0 Å². The van der Waals surface area contributed by atoms with Crippen molar-refractivity contribution in [2.75, 3.05) is 14.1 Å². The zero-order chi connectivity index (χ0) is 12.8. The predicted molar refractivity (Wildman–Crippen MR) is 63.4 cm³/mol. The minimum absolute atomic E-state index is 0.0464. The molecule has 0 saturated carbocycles. The van der Waals surface area contributed by atoms with E-state index in [0.29, 0.717) is 11.1 Å². The minimum atomic E-state index is -0.352. The smallest absolute Gasteiger partial charge is 0.264 e. The van der Waals surface area contributed by atoms with Crippen molar-refractivity contribution in [1.29, 1.82) is 10.5 Å². The van der Waals surface area contributed by atoms with Gasteiger partial charge in [0.15, 0.2) is 0 Å². The first-order chi connectivity index (χ1) is 8.08. The average molecular weight is 225 g/mol. The van der Waals surface area contributed by atoms with Gasteiger partial charge in [-0.2, -0.15) is 10.5 Å². The van der Waals surface area contributed by atoms with E-state index in [1.54, 1.807) is 38.4 Å². The van der Waals surface area contributed by atoms with E-state index < -0.39 is 0 Å². The topological polar surface area (TPSA) is 67.9 Å². The fourth-order valence-electron chi connectivity index (χ4n) is 1.25. The molecule has 0 fully saturated rings. The summed E-state index contributed by atoms with van der Waals surface area (Å²) in [5, 5.41) is 17.6. The molecule has 4 nitrogen and oxygen atoms in total. The fourth-order valence-corrected chi connectivity index (χ4v) is 1.25. The van der Waals surface area contributed by atoms with E-state index in [1.807, 2.05) is 12.1 Å². The van der Waals surface area contributed by atoms with E-state index in [-0.39, 0.29) is 11.5 Å². The standard InChI is InChI=1S/C13H11N3O/c1-16(2)13(17)12(9-15)7-10-4-3-5-11(6-10)8-14/h3-7H,1-2H3/b12-7+. The molecule has 17 heavy (non-hydrogen) atoms. The number of likely N-dealkylation sites (N-methyl/N-ethyl adjacent to an activating group) is 1. The van der Waals surface area contributed by atoms with Crippen LogP contribution < -0.4 is 0 Å². The highest BCUT2D eigenvalue weighted by Crippen LogP contribution is 2.10. The van der Waals surface area contributed by atoms with Gasteiger partial charge in [-0.15, -0.1) is 0 Å². The number of nitriles is 2. The molecule has 1 amide bonds. The second-order valence-corrected chi connectivity index (χ2v) is 3.61. The van der Waals surface area contributed by atoms with Gasteiger partial charge in [0.1, 0.15) is 11.6 Å². The van der Waals surface area contributed by atoms with Crippen molar-refractivity contribution in [3.63, 3.8) is 0 Å². The molecule has 0 unspecified atom stereocenters. The molecular weight excluding hydrogens is 214 g/mol. The number of carbonyl (C=O) groups is 1. The third kappa shape index (κ3) is 3.19. The Morgan fingerprint density at radius 1 is 1.35 bits per heavy atom. The maximum Gasteiger partial charge on any atom is 0.264 e. The number of hydrogen-bond acceptors (Lipinski definition) is 3. The Morgan fingerprint density at radius 3 is 2.59 bits per heavy atom.